The maximum absolute atomic E-state index is 14.1. The molecule has 0 aliphatic heterocycles. The molecular weight excluding hydrogens is 485 g/mol. The predicted octanol–water partition coefficient (Wildman–Crippen LogP) is 5.34. The summed E-state index contributed by atoms with van der Waals surface area (Å²) in [5, 5.41) is 14.8. The second-order valence-electron chi connectivity index (χ2n) is 7.53. The Labute approximate surface area is 212 Å². The number of benzene rings is 3. The lowest BCUT2D eigenvalue weighted by molar-refractivity contribution is -0.112. The molecule has 3 aromatic carbocycles. The number of nitrogens with one attached hydrogen (secondary N) is 2. The molecule has 3 aromatic rings. The van der Waals surface area contributed by atoms with Crippen LogP contribution in [-0.2, 0) is 14.3 Å². The zero-order valence-electron chi connectivity index (χ0n) is 19.6. The smallest absolute Gasteiger partial charge is 0.412 e. The van der Waals surface area contributed by atoms with Gasteiger partial charge >= 0.3 is 6.09 Å². The predicted molar refractivity (Wildman–Crippen MR) is 139 cm³/mol. The van der Waals surface area contributed by atoms with Gasteiger partial charge in [-0.15, -0.1) is 11.8 Å². The summed E-state index contributed by atoms with van der Waals surface area (Å²) in [7, 11) is 1.36. The number of nitrogen functional groups attached to an aromatic ring is 1. The van der Waals surface area contributed by atoms with Crippen molar-refractivity contribution in [3.63, 3.8) is 0 Å². The molecule has 0 aromatic heterocycles. The van der Waals surface area contributed by atoms with Crippen molar-refractivity contribution in [2.45, 2.75) is 17.1 Å². The third kappa shape index (κ3) is 7.24. The minimum Gasteiger partial charge on any atom is -0.505 e. The van der Waals surface area contributed by atoms with Crippen LogP contribution in [0.2, 0.25) is 0 Å². The summed E-state index contributed by atoms with van der Waals surface area (Å²) < 4.78 is 25.2. The molecule has 8 nitrogen and oxygen atoms in total. The van der Waals surface area contributed by atoms with Gasteiger partial charge in [0.25, 0.3) is 0 Å². The number of rotatable bonds is 9. The molecule has 5 N–H and O–H groups in total. The van der Waals surface area contributed by atoms with Gasteiger partial charge in [-0.25, -0.2) is 9.18 Å². The maximum Gasteiger partial charge on any atom is 0.412 e. The van der Waals surface area contributed by atoms with Gasteiger partial charge in [-0.1, -0.05) is 18.2 Å². The molecule has 2 amide bonds. The lowest BCUT2D eigenvalue weighted by Gasteiger charge is -2.24. The van der Waals surface area contributed by atoms with Crippen LogP contribution >= 0.6 is 11.8 Å². The van der Waals surface area contributed by atoms with E-state index < -0.39 is 35.8 Å². The SMILES string of the molecule is CO[C@H](/C=C/C(=O)Nc1ccccc1N)[C@H](OC(=O)Nc1ccc(SC)cc1)c1ccc(O)c(F)c1. The van der Waals surface area contributed by atoms with E-state index in [4.69, 9.17) is 15.2 Å². The minimum atomic E-state index is -1.15. The average Bonchev–Trinajstić information content (AvgIpc) is 2.87. The fraction of sp³-hybridized carbons (Fsp3) is 0.154. The van der Waals surface area contributed by atoms with Crippen molar-refractivity contribution in [3.05, 3.63) is 90.3 Å². The third-order valence-corrected chi connectivity index (χ3v) is 5.84. The van der Waals surface area contributed by atoms with Crippen LogP contribution < -0.4 is 16.4 Å². The number of ether oxygens (including phenoxy) is 2. The van der Waals surface area contributed by atoms with Crippen LogP contribution in [0.25, 0.3) is 0 Å². The summed E-state index contributed by atoms with van der Waals surface area (Å²) in [4.78, 5) is 26.1. The number of carbonyl (C=O) groups is 2. The number of methoxy groups -OCH3 is 1. The van der Waals surface area contributed by atoms with Crippen LogP contribution in [0.5, 0.6) is 5.75 Å². The largest absolute Gasteiger partial charge is 0.505 e. The molecule has 0 saturated heterocycles. The molecule has 188 valence electrons. The van der Waals surface area contributed by atoms with E-state index in [0.717, 1.165) is 17.0 Å². The Morgan fingerprint density at radius 1 is 1.08 bits per heavy atom. The van der Waals surface area contributed by atoms with Crippen LogP contribution in [0.1, 0.15) is 11.7 Å². The number of amides is 2. The summed E-state index contributed by atoms with van der Waals surface area (Å²) in [6, 6.07) is 17.4. The van der Waals surface area contributed by atoms with Crippen LogP contribution in [0.4, 0.5) is 26.2 Å². The van der Waals surface area contributed by atoms with E-state index in [2.05, 4.69) is 10.6 Å². The number of aromatic hydroxyl groups is 1. The van der Waals surface area contributed by atoms with Gasteiger partial charge in [0.15, 0.2) is 17.7 Å². The first kappa shape index (κ1) is 26.6. The van der Waals surface area contributed by atoms with Gasteiger partial charge in [-0.3, -0.25) is 10.1 Å². The molecule has 0 radical (unpaired) electrons. The van der Waals surface area contributed by atoms with Crippen LogP contribution in [0.3, 0.4) is 0 Å². The van der Waals surface area contributed by atoms with Gasteiger partial charge in [0.1, 0.15) is 6.10 Å². The molecule has 2 atom stereocenters. The summed E-state index contributed by atoms with van der Waals surface area (Å²) in [5.74, 6) is -1.95. The lowest BCUT2D eigenvalue weighted by Crippen LogP contribution is -2.27. The molecule has 3 rings (SSSR count). The van der Waals surface area contributed by atoms with Crippen LogP contribution in [0, 0.1) is 5.82 Å². The van der Waals surface area contributed by atoms with Gasteiger partial charge in [-0.2, -0.15) is 0 Å². The van der Waals surface area contributed by atoms with E-state index in [-0.39, 0.29) is 5.56 Å². The van der Waals surface area contributed by atoms with Crippen LogP contribution in [0.15, 0.2) is 83.8 Å². The lowest BCUT2D eigenvalue weighted by atomic mass is 10.0. The summed E-state index contributed by atoms with van der Waals surface area (Å²) in [6.07, 6.45) is 1.57. The molecule has 36 heavy (non-hydrogen) atoms. The summed E-state index contributed by atoms with van der Waals surface area (Å²) in [6.45, 7) is 0. The standard InChI is InChI=1S/C26H26FN3O5S/c1-34-23(13-14-24(32)30-21-6-4-3-5-20(21)28)25(16-7-12-22(31)19(27)15-16)35-26(33)29-17-8-10-18(36-2)11-9-17/h3-15,23,25,31H,28H2,1-2H3,(H,29,33)(H,30,32)/b14-13+/t23-,25-/m1/s1. The normalized spacial score (nSPS) is 12.6. The van der Waals surface area contributed by atoms with Gasteiger partial charge in [0.2, 0.25) is 5.91 Å². The molecule has 10 heteroatoms. The molecule has 0 aliphatic rings. The highest BCUT2D eigenvalue weighted by Crippen LogP contribution is 2.29. The number of nitrogens with two attached hydrogens (primary N) is 1. The Hall–Kier alpha value is -4.02. The second kappa shape index (κ2) is 12.6. The topological polar surface area (TPSA) is 123 Å². The number of thioether (sulfide) groups is 1. The van der Waals surface area contributed by atoms with E-state index in [1.165, 1.54) is 25.3 Å². The minimum absolute atomic E-state index is 0.211. The quantitative estimate of drug-likeness (QED) is 0.174. The number of halogens is 1. The number of phenols is 1. The highest BCUT2D eigenvalue weighted by atomic mass is 32.2. The van der Waals surface area contributed by atoms with Crippen molar-refractivity contribution in [1.82, 2.24) is 0 Å². The first-order valence-electron chi connectivity index (χ1n) is 10.8. The molecule has 0 saturated carbocycles. The number of phenolic OH excluding ortho intramolecular Hbond substituents is 1. The summed E-state index contributed by atoms with van der Waals surface area (Å²) in [5.41, 5.74) is 7.39. The van der Waals surface area contributed by atoms with E-state index in [1.54, 1.807) is 48.2 Å². The zero-order chi connectivity index (χ0) is 26.1. The molecular formula is C26H26FN3O5S. The molecule has 0 spiro atoms. The summed E-state index contributed by atoms with van der Waals surface area (Å²) >= 11 is 1.56. The van der Waals surface area contributed by atoms with Crippen molar-refractivity contribution in [2.75, 3.05) is 29.7 Å². The maximum atomic E-state index is 14.1. The Kier molecular flexibility index (Phi) is 9.32. The Bertz CT molecular complexity index is 1240. The number of hydrogen-bond donors (Lipinski definition) is 4. The van der Waals surface area contributed by atoms with Gasteiger partial charge in [0, 0.05) is 23.8 Å². The number of para-hydroxylation sites is 2. The van der Waals surface area contributed by atoms with Crippen molar-refractivity contribution in [1.29, 1.82) is 0 Å². The highest BCUT2D eigenvalue weighted by molar-refractivity contribution is 7.98. The zero-order valence-corrected chi connectivity index (χ0v) is 20.4. The fourth-order valence-electron chi connectivity index (χ4n) is 3.23. The highest BCUT2D eigenvalue weighted by Gasteiger charge is 2.27. The number of carbonyl (C=O) groups excluding carboxylic acids is 2. The molecule has 0 heterocycles. The number of anilines is 3. The Morgan fingerprint density at radius 3 is 2.44 bits per heavy atom. The van der Waals surface area contributed by atoms with Crippen LogP contribution in [-0.4, -0.2) is 36.6 Å². The first-order chi connectivity index (χ1) is 17.3. The molecule has 0 fully saturated rings. The van der Waals surface area contributed by atoms with Gasteiger partial charge in [0.05, 0.1) is 11.4 Å². The average molecular weight is 512 g/mol. The number of hydrogen-bond acceptors (Lipinski definition) is 7. The van der Waals surface area contributed by atoms with Crippen molar-refractivity contribution in [2.24, 2.45) is 0 Å². The fourth-order valence-corrected chi connectivity index (χ4v) is 3.64. The van der Waals surface area contributed by atoms with Crippen molar-refractivity contribution in [3.8, 4) is 5.75 Å². The Morgan fingerprint density at radius 2 is 1.81 bits per heavy atom. The van der Waals surface area contributed by atoms with Gasteiger partial charge < -0.3 is 25.6 Å². The van der Waals surface area contributed by atoms with Gasteiger partial charge in [-0.05, 0) is 66.4 Å². The monoisotopic (exact) mass is 511 g/mol. The van der Waals surface area contributed by atoms with E-state index in [9.17, 15) is 19.1 Å². The molecule has 0 aliphatic carbocycles. The molecule has 0 unspecified atom stereocenters. The molecule has 0 bridgehead atoms. The Balaban J connectivity index is 1.80. The van der Waals surface area contributed by atoms with Crippen molar-refractivity contribution < 1.29 is 28.6 Å². The second-order valence-corrected chi connectivity index (χ2v) is 8.41. The van der Waals surface area contributed by atoms with E-state index >= 15 is 0 Å². The van der Waals surface area contributed by atoms with E-state index in [0.29, 0.717) is 17.1 Å². The van der Waals surface area contributed by atoms with Crippen molar-refractivity contribution >= 4 is 40.8 Å². The third-order valence-electron chi connectivity index (χ3n) is 5.10. The van der Waals surface area contributed by atoms with E-state index in [1.807, 2.05) is 18.4 Å². The first-order valence-corrected chi connectivity index (χ1v) is 12.0.